The van der Waals surface area contributed by atoms with Gasteiger partial charge in [0.25, 0.3) is 0 Å². The topological polar surface area (TPSA) is 0 Å². The van der Waals surface area contributed by atoms with E-state index < -0.39 is 0 Å². The van der Waals surface area contributed by atoms with Gasteiger partial charge in [-0.15, -0.1) is 0 Å². The third-order valence-electron chi connectivity index (χ3n) is 10.6. The van der Waals surface area contributed by atoms with Gasteiger partial charge in [-0.05, 0) is 120 Å². The molecule has 0 aliphatic heterocycles. The molecule has 0 fully saturated rings. The van der Waals surface area contributed by atoms with Gasteiger partial charge in [0.05, 0.1) is 50.9 Å². The first-order chi connectivity index (χ1) is 19.2. The normalized spacial score (nSPS) is 19.9. The molecule has 0 saturated heterocycles. The fraction of sp³-hybridized carbons (Fsp3) is 1.00. The Morgan fingerprint density at radius 3 is 0.415 bits per heavy atom. The van der Waals surface area contributed by atoms with Crippen LogP contribution in [0.1, 0.15) is 182 Å². The van der Waals surface area contributed by atoms with Gasteiger partial charge < -0.3 is 0 Å². The molecule has 0 heterocycles. The first-order valence-corrected chi connectivity index (χ1v) is 25.4. The molecule has 0 nitrogen and oxygen atoms in total. The Morgan fingerprint density at radius 2 is 0.366 bits per heavy atom. The molecule has 255 valence electrons. The third-order valence-corrected chi connectivity index (χ3v) is 24.5. The number of halogens is 1. The standard InChI is InChI=1S/3C12H27P.ClH.Ru/c3*1-7-10(4)13(11(5)8-2)12(6)9-3;;/h3*10-12H,7-9H2,1-6H3;1H;/q;;;;+1/p+2. The molecule has 9 atom stereocenters. The van der Waals surface area contributed by atoms with Gasteiger partial charge in [0.2, 0.25) is 0 Å². The summed E-state index contributed by atoms with van der Waals surface area (Å²) in [5.41, 5.74) is 8.96. The van der Waals surface area contributed by atoms with Crippen molar-refractivity contribution in [3.63, 3.8) is 0 Å². The molecule has 0 N–H and O–H groups in total. The van der Waals surface area contributed by atoms with E-state index in [4.69, 9.17) is 0 Å². The summed E-state index contributed by atoms with van der Waals surface area (Å²) in [5.74, 6) is 0. The van der Waals surface area contributed by atoms with Crippen molar-refractivity contribution in [2.24, 2.45) is 0 Å². The minimum absolute atomic E-state index is 0.130. The van der Waals surface area contributed by atoms with Gasteiger partial charge in [-0.3, -0.25) is 0 Å². The maximum absolute atomic E-state index is 4.57. The van der Waals surface area contributed by atoms with Crippen LogP contribution in [0.25, 0.3) is 0 Å². The molecular weight excluding hydrogens is 662 g/mol. The van der Waals surface area contributed by atoms with E-state index >= 15 is 0 Å². The van der Waals surface area contributed by atoms with Crippen LogP contribution in [0.5, 0.6) is 0 Å². The van der Waals surface area contributed by atoms with Gasteiger partial charge in [-0.25, -0.2) is 0 Å². The second-order valence-electron chi connectivity index (χ2n) is 13.3. The zero-order valence-corrected chi connectivity index (χ0v) is 37.3. The number of rotatable bonds is 18. The van der Waals surface area contributed by atoms with Crippen LogP contribution < -0.4 is 0 Å². The van der Waals surface area contributed by atoms with Crippen molar-refractivity contribution in [1.29, 1.82) is 0 Å². The van der Waals surface area contributed by atoms with E-state index in [0.29, 0.717) is 0 Å². The van der Waals surface area contributed by atoms with Crippen LogP contribution in [-0.4, -0.2) is 50.9 Å². The quantitative estimate of drug-likeness (QED) is 0.0968. The van der Waals surface area contributed by atoms with Crippen molar-refractivity contribution in [1.82, 2.24) is 0 Å². The van der Waals surface area contributed by atoms with E-state index in [1.807, 2.05) is 17.3 Å². The summed E-state index contributed by atoms with van der Waals surface area (Å²) in [7, 11) is 4.18. The summed E-state index contributed by atoms with van der Waals surface area (Å²) in [4.78, 5) is 0. The Labute approximate surface area is 282 Å². The Morgan fingerprint density at radius 1 is 0.293 bits per heavy atom. The molecule has 0 spiro atoms. The molecule has 0 aromatic carbocycles. The Balaban J connectivity index is -0.000000243. The molecule has 0 aliphatic carbocycles. The first kappa shape index (κ1) is 50.1. The van der Waals surface area contributed by atoms with E-state index in [9.17, 15) is 0 Å². The molecule has 0 aliphatic rings. The summed E-state index contributed by atoms with van der Waals surface area (Å²) in [6.45, 7) is 43.3. The van der Waals surface area contributed by atoms with Crippen LogP contribution in [0.3, 0.4) is 0 Å². The molecule has 5 heteroatoms. The van der Waals surface area contributed by atoms with Crippen LogP contribution in [0.15, 0.2) is 0 Å². The van der Waals surface area contributed by atoms with Crippen LogP contribution in [-0.2, 0) is 17.3 Å². The summed E-state index contributed by atoms with van der Waals surface area (Å²) in [6, 6.07) is 0. The molecule has 0 aromatic rings. The molecule has 0 radical (unpaired) electrons. The number of hydrogen-bond donors (Lipinski definition) is 0. The van der Waals surface area contributed by atoms with Crippen LogP contribution in [0, 0.1) is 0 Å². The molecule has 41 heavy (non-hydrogen) atoms. The van der Waals surface area contributed by atoms with Crippen molar-refractivity contribution in [3.05, 3.63) is 0 Å². The van der Waals surface area contributed by atoms with E-state index in [2.05, 4.69) is 134 Å². The van der Waals surface area contributed by atoms with Gasteiger partial charge in [-0.2, -0.15) is 0 Å². The Hall–Kier alpha value is 2.20. The Bertz CT molecular complexity index is 380. The molecule has 0 bridgehead atoms. The predicted molar refractivity (Wildman–Crippen MR) is 209 cm³/mol. The zero-order chi connectivity index (χ0) is 33.3. The SMILES string of the molecule is CCC(C)[PH+](C(C)CC)C(C)CC.CCC(C)[PH+](C(C)CC)C(C)CC.CCC(C)[PH+](C(C)CC)C(C)CC.[Cl][Ru]. The number of hydrogen-bond acceptors (Lipinski definition) is 0. The fourth-order valence-corrected chi connectivity index (χ4v) is 19.5. The fourth-order valence-electron chi connectivity index (χ4n) is 6.49. The van der Waals surface area contributed by atoms with Gasteiger partial charge in [-0.1, -0.05) is 62.3 Å². The molecule has 0 saturated carbocycles. The molecule has 0 rings (SSSR count). The Kier molecular flexibility index (Phi) is 39.3. The van der Waals surface area contributed by atoms with Crippen LogP contribution in [0.4, 0.5) is 0 Å². The van der Waals surface area contributed by atoms with Gasteiger partial charge >= 0.3 is 27.0 Å². The van der Waals surface area contributed by atoms with E-state index in [1.54, 1.807) is 0 Å². The van der Waals surface area contributed by atoms with Gasteiger partial charge in [0, 0.05) is 23.8 Å². The van der Waals surface area contributed by atoms with Crippen molar-refractivity contribution < 1.29 is 17.3 Å². The summed E-state index contributed by atoms with van der Waals surface area (Å²) in [5, 5.41) is 0. The van der Waals surface area contributed by atoms with Crippen molar-refractivity contribution in [3.8, 4) is 0 Å². The van der Waals surface area contributed by atoms with Gasteiger partial charge in [0.1, 0.15) is 0 Å². The van der Waals surface area contributed by atoms with Crippen LogP contribution >= 0.6 is 33.5 Å². The average Bonchev–Trinajstić information content (AvgIpc) is 3.01. The van der Waals surface area contributed by atoms with Crippen molar-refractivity contribution in [2.75, 3.05) is 0 Å². The van der Waals surface area contributed by atoms with Crippen molar-refractivity contribution >= 4 is 33.5 Å². The maximum atomic E-state index is 4.57. The molecule has 0 amide bonds. The molecular formula is C36H84ClP3Ru+3. The van der Waals surface area contributed by atoms with Gasteiger partial charge in [0.15, 0.2) is 0 Å². The second kappa shape index (κ2) is 32.2. The van der Waals surface area contributed by atoms with Crippen LogP contribution in [0.2, 0.25) is 0 Å². The zero-order valence-electron chi connectivity index (χ0n) is 31.8. The van der Waals surface area contributed by atoms with E-state index in [0.717, 1.165) is 50.9 Å². The molecule has 0 aromatic heterocycles. The third kappa shape index (κ3) is 21.6. The summed E-state index contributed by atoms with van der Waals surface area (Å²) < 4.78 is 0. The van der Waals surface area contributed by atoms with Crippen molar-refractivity contribution in [2.45, 2.75) is 233 Å². The summed E-state index contributed by atoms with van der Waals surface area (Å²) in [6.07, 6.45) is 12.4. The second-order valence-corrected chi connectivity index (χ2v) is 25.2. The minimum atomic E-state index is -0.130. The summed E-state index contributed by atoms with van der Waals surface area (Å²) >= 11 is 1.82. The monoisotopic (exact) mass is 746 g/mol. The van der Waals surface area contributed by atoms with E-state index in [-0.39, 0.29) is 23.8 Å². The molecule has 9 unspecified atom stereocenters. The average molecular weight is 747 g/mol. The predicted octanol–water partition coefficient (Wildman–Crippen LogP) is 14.5. The van der Waals surface area contributed by atoms with E-state index in [1.165, 1.54) is 57.8 Å². The first-order valence-electron chi connectivity index (χ1n) is 18.0.